The normalized spacial score (nSPS) is 14.4. The molecule has 0 atom stereocenters. The standard InChI is InChI=1S/C24H29N3O7S2/c1-30-17-6-7-19(31-2)22(14-17)36(28,29)27-10-8-26(9-11-27)24-25-18(15-35-24)16-12-20(32-3)23(34-5)21(13-16)33-4/h6-7,12-15H,8-11H2,1-5H3. The monoisotopic (exact) mass is 535 g/mol. The van der Waals surface area contributed by atoms with Crippen molar-refractivity contribution < 1.29 is 32.1 Å². The highest BCUT2D eigenvalue weighted by Gasteiger charge is 2.32. The minimum absolute atomic E-state index is 0.0942. The van der Waals surface area contributed by atoms with Crippen molar-refractivity contribution in [2.75, 3.05) is 66.6 Å². The van der Waals surface area contributed by atoms with Gasteiger partial charge in [-0.3, -0.25) is 0 Å². The van der Waals surface area contributed by atoms with E-state index in [1.54, 1.807) is 33.5 Å². The second kappa shape index (κ2) is 10.8. The van der Waals surface area contributed by atoms with Crippen LogP contribution in [0.4, 0.5) is 5.13 Å². The number of benzene rings is 2. The Hall–Kier alpha value is -3.22. The zero-order chi connectivity index (χ0) is 25.9. The summed E-state index contributed by atoms with van der Waals surface area (Å²) in [5.74, 6) is 2.36. The minimum Gasteiger partial charge on any atom is -0.497 e. The van der Waals surface area contributed by atoms with Gasteiger partial charge in [-0.2, -0.15) is 4.31 Å². The van der Waals surface area contributed by atoms with E-state index in [1.807, 2.05) is 17.5 Å². The van der Waals surface area contributed by atoms with Crippen LogP contribution in [0.15, 0.2) is 40.6 Å². The van der Waals surface area contributed by atoms with E-state index < -0.39 is 10.0 Å². The molecular formula is C24H29N3O7S2. The summed E-state index contributed by atoms with van der Waals surface area (Å²) in [4.78, 5) is 6.97. The number of anilines is 1. The third-order valence-corrected chi connectivity index (χ3v) is 8.77. The molecule has 2 heterocycles. The third-order valence-electron chi connectivity index (χ3n) is 5.95. The van der Waals surface area contributed by atoms with Crippen LogP contribution in [-0.4, -0.2) is 79.4 Å². The summed E-state index contributed by atoms with van der Waals surface area (Å²) in [6, 6.07) is 8.47. The van der Waals surface area contributed by atoms with E-state index in [1.165, 1.54) is 35.9 Å². The van der Waals surface area contributed by atoms with Crippen LogP contribution in [0, 0.1) is 0 Å². The molecule has 194 valence electrons. The molecule has 36 heavy (non-hydrogen) atoms. The fourth-order valence-corrected chi connectivity index (χ4v) is 6.50. The van der Waals surface area contributed by atoms with E-state index in [9.17, 15) is 8.42 Å². The third kappa shape index (κ3) is 4.88. The fraction of sp³-hybridized carbons (Fsp3) is 0.375. The maximum Gasteiger partial charge on any atom is 0.247 e. The topological polar surface area (TPSA) is 99.7 Å². The summed E-state index contributed by atoms with van der Waals surface area (Å²) in [5.41, 5.74) is 1.60. The maximum atomic E-state index is 13.4. The maximum absolute atomic E-state index is 13.4. The predicted octanol–water partition coefficient (Wildman–Crippen LogP) is 3.36. The fourth-order valence-electron chi connectivity index (χ4n) is 4.02. The number of hydrogen-bond donors (Lipinski definition) is 0. The van der Waals surface area contributed by atoms with Crippen molar-refractivity contribution in [3.63, 3.8) is 0 Å². The number of nitrogens with zero attached hydrogens (tertiary/aromatic N) is 3. The Kier molecular flexibility index (Phi) is 7.76. The molecule has 1 aliphatic heterocycles. The Bertz CT molecular complexity index is 1290. The molecule has 3 aromatic rings. The molecule has 1 aliphatic rings. The number of methoxy groups -OCH3 is 5. The molecule has 1 fully saturated rings. The summed E-state index contributed by atoms with van der Waals surface area (Å²) in [5, 5.41) is 2.77. The summed E-state index contributed by atoms with van der Waals surface area (Å²) in [6.45, 7) is 1.66. The van der Waals surface area contributed by atoms with Crippen molar-refractivity contribution in [1.29, 1.82) is 0 Å². The van der Waals surface area contributed by atoms with E-state index in [4.69, 9.17) is 28.7 Å². The highest BCUT2D eigenvalue weighted by Crippen LogP contribution is 2.42. The molecular weight excluding hydrogens is 506 g/mol. The lowest BCUT2D eigenvalue weighted by Crippen LogP contribution is -2.48. The lowest BCUT2D eigenvalue weighted by atomic mass is 10.1. The van der Waals surface area contributed by atoms with E-state index in [2.05, 4.69) is 4.90 Å². The van der Waals surface area contributed by atoms with Gasteiger partial charge in [-0.05, 0) is 24.3 Å². The summed E-state index contributed by atoms with van der Waals surface area (Å²) in [6.07, 6.45) is 0. The molecule has 0 aliphatic carbocycles. The summed E-state index contributed by atoms with van der Waals surface area (Å²) < 4.78 is 55.0. The van der Waals surface area contributed by atoms with Gasteiger partial charge in [0.05, 0.1) is 41.2 Å². The number of ether oxygens (including phenoxy) is 5. The molecule has 10 nitrogen and oxygen atoms in total. The highest BCUT2D eigenvalue weighted by atomic mass is 32.2. The molecule has 0 N–H and O–H groups in total. The number of aromatic nitrogens is 1. The van der Waals surface area contributed by atoms with Gasteiger partial charge in [-0.25, -0.2) is 13.4 Å². The van der Waals surface area contributed by atoms with Crippen molar-refractivity contribution >= 4 is 26.5 Å². The van der Waals surface area contributed by atoms with Gasteiger partial charge in [-0.1, -0.05) is 0 Å². The number of thiazole rings is 1. The first-order valence-corrected chi connectivity index (χ1v) is 13.4. The Labute approximate surface area is 215 Å². The van der Waals surface area contributed by atoms with Crippen molar-refractivity contribution in [2.24, 2.45) is 0 Å². The molecule has 4 rings (SSSR count). The van der Waals surface area contributed by atoms with Gasteiger partial charge in [0.25, 0.3) is 0 Å². The first kappa shape index (κ1) is 25.9. The van der Waals surface area contributed by atoms with Gasteiger partial charge in [-0.15, -0.1) is 11.3 Å². The van der Waals surface area contributed by atoms with Crippen LogP contribution in [0.2, 0.25) is 0 Å². The van der Waals surface area contributed by atoms with Gasteiger partial charge in [0.1, 0.15) is 16.4 Å². The van der Waals surface area contributed by atoms with Crippen molar-refractivity contribution in [1.82, 2.24) is 9.29 Å². The van der Waals surface area contributed by atoms with Crippen LogP contribution in [0.5, 0.6) is 28.7 Å². The second-order valence-corrected chi connectivity index (χ2v) is 10.6. The molecule has 0 saturated carbocycles. The van der Waals surface area contributed by atoms with Crippen LogP contribution in [0.3, 0.4) is 0 Å². The minimum atomic E-state index is -3.76. The molecule has 0 bridgehead atoms. The van der Waals surface area contributed by atoms with Crippen molar-refractivity contribution in [3.05, 3.63) is 35.7 Å². The lowest BCUT2D eigenvalue weighted by molar-refractivity contribution is 0.324. The SMILES string of the molecule is COc1ccc(OC)c(S(=O)(=O)N2CCN(c3nc(-c4cc(OC)c(OC)c(OC)c4)cs3)CC2)c1. The average Bonchev–Trinajstić information content (AvgIpc) is 3.42. The van der Waals surface area contributed by atoms with Crippen LogP contribution < -0.4 is 28.6 Å². The Balaban J connectivity index is 1.51. The lowest BCUT2D eigenvalue weighted by Gasteiger charge is -2.34. The van der Waals surface area contributed by atoms with Gasteiger partial charge in [0, 0.05) is 43.2 Å². The van der Waals surface area contributed by atoms with Gasteiger partial charge < -0.3 is 28.6 Å². The molecule has 0 spiro atoms. The quantitative estimate of drug-likeness (QED) is 0.408. The molecule has 2 aromatic carbocycles. The van der Waals surface area contributed by atoms with E-state index >= 15 is 0 Å². The number of sulfonamides is 1. The second-order valence-electron chi connectivity index (χ2n) is 7.84. The smallest absolute Gasteiger partial charge is 0.247 e. The number of rotatable bonds is 9. The van der Waals surface area contributed by atoms with E-state index in [0.717, 1.165) is 16.4 Å². The highest BCUT2D eigenvalue weighted by molar-refractivity contribution is 7.89. The number of hydrogen-bond acceptors (Lipinski definition) is 10. The predicted molar refractivity (Wildman–Crippen MR) is 138 cm³/mol. The van der Waals surface area contributed by atoms with Gasteiger partial charge >= 0.3 is 0 Å². The van der Waals surface area contributed by atoms with E-state index in [-0.39, 0.29) is 10.6 Å². The van der Waals surface area contributed by atoms with Gasteiger partial charge in [0.15, 0.2) is 16.6 Å². The molecule has 0 amide bonds. The largest absolute Gasteiger partial charge is 0.497 e. The molecule has 0 radical (unpaired) electrons. The average molecular weight is 536 g/mol. The van der Waals surface area contributed by atoms with Crippen LogP contribution >= 0.6 is 11.3 Å². The zero-order valence-electron chi connectivity index (χ0n) is 20.8. The molecule has 1 aromatic heterocycles. The van der Waals surface area contributed by atoms with Crippen molar-refractivity contribution in [3.8, 4) is 40.0 Å². The van der Waals surface area contributed by atoms with Crippen LogP contribution in [-0.2, 0) is 10.0 Å². The number of piperazine rings is 1. The van der Waals surface area contributed by atoms with Crippen molar-refractivity contribution in [2.45, 2.75) is 4.90 Å². The Morgan fingerprint density at radius 2 is 1.44 bits per heavy atom. The first-order valence-electron chi connectivity index (χ1n) is 11.1. The zero-order valence-corrected chi connectivity index (χ0v) is 22.4. The van der Waals surface area contributed by atoms with Crippen LogP contribution in [0.25, 0.3) is 11.3 Å². The van der Waals surface area contributed by atoms with E-state index in [0.29, 0.717) is 49.2 Å². The Morgan fingerprint density at radius 3 is 2.00 bits per heavy atom. The van der Waals surface area contributed by atoms with Crippen LogP contribution in [0.1, 0.15) is 0 Å². The molecule has 12 heteroatoms. The van der Waals surface area contributed by atoms with Gasteiger partial charge in [0.2, 0.25) is 15.8 Å². The molecule has 1 saturated heterocycles. The summed E-state index contributed by atoms with van der Waals surface area (Å²) in [7, 11) is 3.89. The Morgan fingerprint density at radius 1 is 0.806 bits per heavy atom. The first-order chi connectivity index (χ1) is 17.4. The summed E-state index contributed by atoms with van der Waals surface area (Å²) >= 11 is 1.50. The molecule has 0 unspecified atom stereocenters.